The molecule has 0 saturated carbocycles. The molecule has 1 atom stereocenters. The first-order valence-corrected chi connectivity index (χ1v) is 10.0. The zero-order valence-corrected chi connectivity index (χ0v) is 16.9. The molecule has 0 spiro atoms. The van der Waals surface area contributed by atoms with E-state index in [4.69, 9.17) is 14.0 Å². The van der Waals surface area contributed by atoms with E-state index in [0.717, 1.165) is 5.75 Å². The summed E-state index contributed by atoms with van der Waals surface area (Å²) in [4.78, 5) is 0.335. The Labute approximate surface area is 169 Å². The zero-order chi connectivity index (χ0) is 20.1. The van der Waals surface area contributed by atoms with E-state index < -0.39 is 11.1 Å². The van der Waals surface area contributed by atoms with Crippen molar-refractivity contribution < 1.29 is 18.2 Å². The number of hydrogen-bond acceptors (Lipinski definition) is 3. The van der Waals surface area contributed by atoms with Crippen molar-refractivity contribution >= 4 is 23.8 Å². The molecule has 0 heterocycles. The number of benzene rings is 3. The van der Waals surface area contributed by atoms with Crippen LogP contribution in [-0.4, -0.2) is 16.0 Å². The summed E-state index contributed by atoms with van der Waals surface area (Å²) in [5, 5.41) is 0.133. The van der Waals surface area contributed by atoms with Crippen LogP contribution in [-0.2, 0) is 11.1 Å². The normalized spacial score (nSPS) is 12.3. The largest absolute Gasteiger partial charge is 0.457 e. The second-order valence-electron chi connectivity index (χ2n) is 7.48. The molecule has 0 saturated heterocycles. The van der Waals surface area contributed by atoms with Gasteiger partial charge in [-0.1, -0.05) is 43.7 Å². The maximum absolute atomic E-state index is 11.0. The van der Waals surface area contributed by atoms with Gasteiger partial charge >= 0.3 is 0 Å². The average molecular weight is 393 g/mol. The third kappa shape index (κ3) is 5.97. The molecule has 6 heteroatoms. The summed E-state index contributed by atoms with van der Waals surface area (Å²) in [5.74, 6) is 2.73. The summed E-state index contributed by atoms with van der Waals surface area (Å²) in [6, 6.07) is 21.7. The van der Waals surface area contributed by atoms with Crippen molar-refractivity contribution in [3.63, 3.8) is 0 Å². The molecule has 28 heavy (non-hydrogen) atoms. The molecule has 0 bridgehead atoms. The maximum Gasteiger partial charge on any atom is 0.186 e. The van der Waals surface area contributed by atoms with Crippen LogP contribution in [0.3, 0.4) is 0 Å². The molecular weight excluding hydrogens is 371 g/mol. The van der Waals surface area contributed by atoms with Gasteiger partial charge in [0.1, 0.15) is 23.0 Å². The first kappa shape index (κ1) is 20.2. The van der Waals surface area contributed by atoms with Crippen molar-refractivity contribution in [2.45, 2.75) is 31.0 Å². The van der Waals surface area contributed by atoms with E-state index in [9.17, 15) is 4.21 Å². The molecule has 0 amide bonds. The molecule has 0 aliphatic rings. The van der Waals surface area contributed by atoms with Crippen molar-refractivity contribution in [2.75, 3.05) is 0 Å². The molecule has 0 fully saturated rings. The van der Waals surface area contributed by atoms with Gasteiger partial charge < -0.3 is 14.0 Å². The molecule has 1 radical (unpaired) electrons. The quantitative estimate of drug-likeness (QED) is 0.450. The Morgan fingerprint density at radius 1 is 0.714 bits per heavy atom. The van der Waals surface area contributed by atoms with Gasteiger partial charge in [0, 0.05) is 0 Å². The molecule has 1 N–H and O–H groups in total. The van der Waals surface area contributed by atoms with Gasteiger partial charge in [-0.25, -0.2) is 4.21 Å². The third-order valence-corrected chi connectivity index (χ3v) is 4.48. The van der Waals surface area contributed by atoms with E-state index in [1.54, 1.807) is 24.3 Å². The minimum atomic E-state index is -1.99. The summed E-state index contributed by atoms with van der Waals surface area (Å²) < 4.78 is 31.6. The highest BCUT2D eigenvalue weighted by molar-refractivity contribution is 7.79. The van der Waals surface area contributed by atoms with Gasteiger partial charge in [0.15, 0.2) is 18.4 Å². The first-order chi connectivity index (χ1) is 13.3. The van der Waals surface area contributed by atoms with Crippen LogP contribution in [0.15, 0.2) is 77.7 Å². The van der Waals surface area contributed by atoms with Crippen molar-refractivity contribution in [1.82, 2.24) is 0 Å². The van der Waals surface area contributed by atoms with Crippen LogP contribution < -0.4 is 14.9 Å². The minimum absolute atomic E-state index is 0.133. The van der Waals surface area contributed by atoms with Crippen LogP contribution in [0, 0.1) is 0 Å². The fraction of sp³-hybridized carbons (Fsp3) is 0.182. The predicted molar refractivity (Wildman–Crippen MR) is 114 cm³/mol. The second kappa shape index (κ2) is 8.63. The van der Waals surface area contributed by atoms with Crippen LogP contribution in [0.25, 0.3) is 0 Å². The number of rotatable bonds is 6. The number of hydrogen-bond donors (Lipinski definition) is 1. The van der Waals surface area contributed by atoms with E-state index in [1.807, 2.05) is 48.5 Å². The van der Waals surface area contributed by atoms with Gasteiger partial charge in [0.05, 0.1) is 4.90 Å². The molecule has 0 aromatic heterocycles. The molecule has 0 aliphatic heterocycles. The SMILES string of the molecule is CC(C)(C)[B]c1ccc(Oc2ccc(Oc3ccc(S(=O)O)cc3)cc2)cc1. The Balaban J connectivity index is 1.60. The van der Waals surface area contributed by atoms with E-state index >= 15 is 0 Å². The highest BCUT2D eigenvalue weighted by atomic mass is 32.2. The smallest absolute Gasteiger partial charge is 0.186 e. The van der Waals surface area contributed by atoms with Gasteiger partial charge in [0.2, 0.25) is 0 Å². The van der Waals surface area contributed by atoms with Crippen molar-refractivity contribution in [3.05, 3.63) is 72.8 Å². The van der Waals surface area contributed by atoms with Crippen LogP contribution in [0.2, 0.25) is 5.31 Å². The lowest BCUT2D eigenvalue weighted by atomic mass is 9.51. The Kier molecular flexibility index (Phi) is 6.22. The molecule has 0 aliphatic carbocycles. The standard InChI is InChI=1S/C22H22BO4S/c1-22(2,3)23-16-4-6-17(7-5-16)26-18-8-10-19(11-9-18)27-20-12-14-21(15-13-20)28(24)25/h4-15H,1-3H3,(H,24,25). The zero-order valence-electron chi connectivity index (χ0n) is 16.1. The molecule has 3 aromatic carbocycles. The fourth-order valence-electron chi connectivity index (χ4n) is 2.60. The van der Waals surface area contributed by atoms with Gasteiger partial charge in [-0.3, -0.25) is 0 Å². The van der Waals surface area contributed by atoms with Gasteiger partial charge in [-0.2, -0.15) is 0 Å². The van der Waals surface area contributed by atoms with Crippen LogP contribution >= 0.6 is 0 Å². The van der Waals surface area contributed by atoms with Gasteiger partial charge in [-0.15, -0.1) is 0 Å². The maximum atomic E-state index is 11.0. The molecule has 143 valence electrons. The summed E-state index contributed by atoms with van der Waals surface area (Å²) in [5.41, 5.74) is 1.17. The summed E-state index contributed by atoms with van der Waals surface area (Å²) >= 11 is -1.99. The Hall–Kier alpha value is -2.57. The molecular formula is C22H22BO4S. The molecule has 3 rings (SSSR count). The number of ether oxygens (including phenoxy) is 2. The summed E-state index contributed by atoms with van der Waals surface area (Å²) in [6.45, 7) is 6.51. The van der Waals surface area contributed by atoms with Crippen LogP contribution in [0.4, 0.5) is 0 Å². The van der Waals surface area contributed by atoms with Gasteiger partial charge in [0.25, 0.3) is 0 Å². The second-order valence-corrected chi connectivity index (χ2v) is 8.45. The first-order valence-electron chi connectivity index (χ1n) is 8.91. The lowest BCUT2D eigenvalue weighted by molar-refractivity contribution is 0.469. The average Bonchev–Trinajstić information content (AvgIpc) is 2.64. The lowest BCUT2D eigenvalue weighted by Gasteiger charge is -2.16. The van der Waals surface area contributed by atoms with Crippen molar-refractivity contribution in [2.24, 2.45) is 0 Å². The Morgan fingerprint density at radius 3 is 1.43 bits per heavy atom. The lowest BCUT2D eigenvalue weighted by Crippen LogP contribution is -2.22. The van der Waals surface area contributed by atoms with Crippen LogP contribution in [0.5, 0.6) is 23.0 Å². The molecule has 3 aromatic rings. The topological polar surface area (TPSA) is 55.8 Å². The summed E-state index contributed by atoms with van der Waals surface area (Å²) in [6.07, 6.45) is 0. The van der Waals surface area contributed by atoms with E-state index in [1.165, 1.54) is 5.46 Å². The molecule has 1 unspecified atom stereocenters. The van der Waals surface area contributed by atoms with E-state index in [-0.39, 0.29) is 5.31 Å². The summed E-state index contributed by atoms with van der Waals surface area (Å²) in [7, 11) is 2.22. The van der Waals surface area contributed by atoms with E-state index in [0.29, 0.717) is 22.1 Å². The minimum Gasteiger partial charge on any atom is -0.457 e. The Bertz CT molecular complexity index is 930. The third-order valence-electron chi connectivity index (χ3n) is 3.80. The van der Waals surface area contributed by atoms with Crippen molar-refractivity contribution in [1.29, 1.82) is 0 Å². The highest BCUT2D eigenvalue weighted by Crippen LogP contribution is 2.27. The van der Waals surface area contributed by atoms with Crippen LogP contribution in [0.1, 0.15) is 20.8 Å². The highest BCUT2D eigenvalue weighted by Gasteiger charge is 2.13. The predicted octanol–water partition coefficient (Wildman–Crippen LogP) is 5.40. The van der Waals surface area contributed by atoms with Crippen molar-refractivity contribution in [3.8, 4) is 23.0 Å². The van der Waals surface area contributed by atoms with Gasteiger partial charge in [-0.05, 0) is 60.7 Å². The Morgan fingerprint density at radius 2 is 1.07 bits per heavy atom. The molecule has 4 nitrogen and oxygen atoms in total. The van der Waals surface area contributed by atoms with E-state index in [2.05, 4.69) is 28.1 Å². The monoisotopic (exact) mass is 393 g/mol. The fourth-order valence-corrected chi connectivity index (χ4v) is 2.97.